The highest BCUT2D eigenvalue weighted by Gasteiger charge is 2.26. The van der Waals surface area contributed by atoms with Crippen LogP contribution in [-0.2, 0) is 17.6 Å². The second-order valence-corrected chi connectivity index (χ2v) is 5.67. The summed E-state index contributed by atoms with van der Waals surface area (Å²) < 4.78 is 0. The zero-order valence-electron chi connectivity index (χ0n) is 10.5. The average molecular weight is 245 g/mol. The molecule has 0 aromatic heterocycles. The van der Waals surface area contributed by atoms with Gasteiger partial charge in [-0.2, -0.15) is 0 Å². The number of hydroxylamine groups is 1. The van der Waals surface area contributed by atoms with Crippen LogP contribution >= 0.6 is 0 Å². The van der Waals surface area contributed by atoms with E-state index in [1.165, 1.54) is 36.0 Å². The summed E-state index contributed by atoms with van der Waals surface area (Å²) >= 11 is 0. The van der Waals surface area contributed by atoms with E-state index in [1.807, 2.05) is 0 Å². The third kappa shape index (κ3) is 2.15. The van der Waals surface area contributed by atoms with E-state index in [-0.39, 0.29) is 5.91 Å². The molecule has 1 unspecified atom stereocenters. The van der Waals surface area contributed by atoms with Gasteiger partial charge in [0.05, 0.1) is 0 Å². The Kier molecular flexibility index (Phi) is 3.08. The molecule has 96 valence electrons. The molecule has 1 saturated carbocycles. The molecule has 0 saturated heterocycles. The first-order valence-electron chi connectivity index (χ1n) is 6.81. The van der Waals surface area contributed by atoms with Crippen molar-refractivity contribution < 1.29 is 10.0 Å². The summed E-state index contributed by atoms with van der Waals surface area (Å²) in [4.78, 5) is 11.2. The van der Waals surface area contributed by atoms with Crippen LogP contribution in [0.25, 0.3) is 0 Å². The lowest BCUT2D eigenvalue weighted by Gasteiger charge is -2.26. The zero-order valence-corrected chi connectivity index (χ0v) is 10.5. The summed E-state index contributed by atoms with van der Waals surface area (Å²) in [5.74, 6) is 0.853. The molecular weight excluding hydrogens is 226 g/mol. The Morgan fingerprint density at radius 3 is 2.72 bits per heavy atom. The van der Waals surface area contributed by atoms with Crippen molar-refractivity contribution in [2.24, 2.45) is 5.92 Å². The maximum absolute atomic E-state index is 11.2. The van der Waals surface area contributed by atoms with Gasteiger partial charge in [0, 0.05) is 6.42 Å². The lowest BCUT2D eigenvalue weighted by molar-refractivity contribution is -0.130. The van der Waals surface area contributed by atoms with Gasteiger partial charge in [-0.05, 0) is 54.2 Å². The fraction of sp³-hybridized carbons (Fsp3) is 0.533. The van der Waals surface area contributed by atoms with Gasteiger partial charge in [0.25, 0.3) is 0 Å². The van der Waals surface area contributed by atoms with Crippen LogP contribution in [0.1, 0.15) is 48.3 Å². The predicted molar refractivity (Wildman–Crippen MR) is 68.5 cm³/mol. The molecule has 0 heterocycles. The van der Waals surface area contributed by atoms with E-state index in [1.54, 1.807) is 5.48 Å². The first kappa shape index (κ1) is 11.7. The summed E-state index contributed by atoms with van der Waals surface area (Å²) in [5.41, 5.74) is 6.00. The van der Waals surface area contributed by atoms with Gasteiger partial charge in [-0.3, -0.25) is 10.0 Å². The van der Waals surface area contributed by atoms with Crippen molar-refractivity contribution in [3.8, 4) is 0 Å². The first-order chi connectivity index (χ1) is 8.76. The van der Waals surface area contributed by atoms with Gasteiger partial charge in [-0.15, -0.1) is 0 Å². The Morgan fingerprint density at radius 1 is 1.28 bits per heavy atom. The lowest BCUT2D eigenvalue weighted by Crippen LogP contribution is -2.22. The minimum atomic E-state index is -0.271. The molecule has 1 fully saturated rings. The zero-order chi connectivity index (χ0) is 12.5. The number of amides is 1. The lowest BCUT2D eigenvalue weighted by atomic mass is 9.79. The molecule has 0 aliphatic heterocycles. The van der Waals surface area contributed by atoms with Crippen molar-refractivity contribution in [2.45, 2.75) is 44.4 Å². The van der Waals surface area contributed by atoms with Crippen molar-refractivity contribution in [1.82, 2.24) is 5.48 Å². The third-order valence-corrected chi connectivity index (χ3v) is 4.42. The van der Waals surface area contributed by atoms with Crippen molar-refractivity contribution in [3.63, 3.8) is 0 Å². The van der Waals surface area contributed by atoms with Crippen LogP contribution < -0.4 is 5.48 Å². The van der Waals surface area contributed by atoms with E-state index in [2.05, 4.69) is 18.2 Å². The first-order valence-corrected chi connectivity index (χ1v) is 6.81. The number of hydrogen-bond donors (Lipinski definition) is 2. The highest BCUT2D eigenvalue weighted by Crippen LogP contribution is 2.39. The second-order valence-electron chi connectivity index (χ2n) is 5.67. The number of rotatable bonds is 3. The summed E-state index contributed by atoms with van der Waals surface area (Å²) in [7, 11) is 0. The van der Waals surface area contributed by atoms with Gasteiger partial charge in [0.1, 0.15) is 0 Å². The standard InChI is InChI=1S/C15H19NO2/c17-15(16-18)8-10-6-12-4-5-13(9-14(12)7-10)11-2-1-3-11/h4-5,9-11,18H,1-3,6-8H2,(H,16,17). The molecule has 18 heavy (non-hydrogen) atoms. The molecule has 2 aliphatic rings. The number of fused-ring (bicyclic) bond motifs is 1. The Morgan fingerprint density at radius 2 is 2.06 bits per heavy atom. The Hall–Kier alpha value is -1.35. The van der Waals surface area contributed by atoms with Crippen LogP contribution in [-0.4, -0.2) is 11.1 Å². The van der Waals surface area contributed by atoms with Gasteiger partial charge >= 0.3 is 0 Å². The van der Waals surface area contributed by atoms with Crippen molar-refractivity contribution >= 4 is 5.91 Å². The molecule has 0 radical (unpaired) electrons. The maximum atomic E-state index is 11.2. The molecule has 1 aromatic carbocycles. The van der Waals surface area contributed by atoms with Gasteiger partial charge in [-0.25, -0.2) is 5.48 Å². The number of hydrogen-bond acceptors (Lipinski definition) is 2. The van der Waals surface area contributed by atoms with Crippen LogP contribution in [0.2, 0.25) is 0 Å². The molecule has 0 spiro atoms. The molecule has 1 amide bonds. The Balaban J connectivity index is 1.70. The van der Waals surface area contributed by atoms with Crippen LogP contribution in [0.5, 0.6) is 0 Å². The molecule has 0 bridgehead atoms. The van der Waals surface area contributed by atoms with Gasteiger partial charge in [0.15, 0.2) is 0 Å². The largest absolute Gasteiger partial charge is 0.289 e. The summed E-state index contributed by atoms with van der Waals surface area (Å²) in [6, 6.07) is 6.84. The van der Waals surface area contributed by atoms with E-state index in [0.29, 0.717) is 12.3 Å². The fourth-order valence-corrected chi connectivity index (χ4v) is 3.18. The minimum absolute atomic E-state index is 0.271. The number of carbonyl (C=O) groups is 1. The average Bonchev–Trinajstić information content (AvgIpc) is 2.68. The normalized spacial score (nSPS) is 22.4. The van der Waals surface area contributed by atoms with E-state index in [0.717, 1.165) is 18.8 Å². The Bertz CT molecular complexity index is 466. The van der Waals surface area contributed by atoms with Crippen molar-refractivity contribution in [1.29, 1.82) is 0 Å². The molecule has 1 atom stereocenters. The van der Waals surface area contributed by atoms with E-state index < -0.39 is 0 Å². The highest BCUT2D eigenvalue weighted by molar-refractivity contribution is 5.75. The molecular formula is C15H19NO2. The van der Waals surface area contributed by atoms with Crippen LogP contribution in [0.15, 0.2) is 18.2 Å². The van der Waals surface area contributed by atoms with E-state index in [9.17, 15) is 4.79 Å². The van der Waals surface area contributed by atoms with E-state index >= 15 is 0 Å². The minimum Gasteiger partial charge on any atom is -0.289 e. The summed E-state index contributed by atoms with van der Waals surface area (Å²) in [6.45, 7) is 0. The quantitative estimate of drug-likeness (QED) is 0.635. The molecule has 2 N–H and O–H groups in total. The second kappa shape index (κ2) is 4.73. The summed E-state index contributed by atoms with van der Waals surface area (Å²) in [6.07, 6.45) is 6.38. The predicted octanol–water partition coefficient (Wildman–Crippen LogP) is 2.56. The monoisotopic (exact) mass is 245 g/mol. The van der Waals surface area contributed by atoms with Crippen molar-refractivity contribution in [3.05, 3.63) is 34.9 Å². The van der Waals surface area contributed by atoms with Gasteiger partial charge in [0.2, 0.25) is 5.91 Å². The fourth-order valence-electron chi connectivity index (χ4n) is 3.18. The Labute approximate surface area is 107 Å². The number of nitrogens with one attached hydrogen (secondary N) is 1. The van der Waals surface area contributed by atoms with E-state index in [4.69, 9.17) is 5.21 Å². The highest BCUT2D eigenvalue weighted by atomic mass is 16.5. The molecule has 3 rings (SSSR count). The smallest absolute Gasteiger partial charge is 0.243 e. The number of benzene rings is 1. The van der Waals surface area contributed by atoms with Gasteiger partial charge < -0.3 is 0 Å². The van der Waals surface area contributed by atoms with Crippen LogP contribution in [0.4, 0.5) is 0 Å². The van der Waals surface area contributed by atoms with Crippen LogP contribution in [0, 0.1) is 5.92 Å². The SMILES string of the molecule is O=C(CC1Cc2ccc(C3CCC3)cc2C1)NO. The molecule has 1 aromatic rings. The molecule has 3 heteroatoms. The van der Waals surface area contributed by atoms with Crippen LogP contribution in [0.3, 0.4) is 0 Å². The van der Waals surface area contributed by atoms with Gasteiger partial charge in [-0.1, -0.05) is 24.6 Å². The maximum Gasteiger partial charge on any atom is 0.243 e. The van der Waals surface area contributed by atoms with Crippen molar-refractivity contribution in [2.75, 3.05) is 0 Å². The number of carbonyl (C=O) groups excluding carboxylic acids is 1. The summed E-state index contributed by atoms with van der Waals surface area (Å²) in [5, 5.41) is 8.57. The molecule has 3 nitrogen and oxygen atoms in total. The molecule has 2 aliphatic carbocycles. The topological polar surface area (TPSA) is 49.3 Å². The third-order valence-electron chi connectivity index (χ3n) is 4.42.